The maximum absolute atomic E-state index is 13.9. The van der Waals surface area contributed by atoms with Crippen molar-refractivity contribution in [1.82, 2.24) is 4.90 Å². The number of nitrogens with zero attached hydrogens (tertiary/aromatic N) is 1. The van der Waals surface area contributed by atoms with Gasteiger partial charge in [0.25, 0.3) is 5.91 Å². The van der Waals surface area contributed by atoms with Crippen LogP contribution in [0.25, 0.3) is 0 Å². The van der Waals surface area contributed by atoms with Gasteiger partial charge in [0.2, 0.25) is 0 Å². The lowest BCUT2D eigenvalue weighted by Crippen LogP contribution is -2.34. The largest absolute Gasteiger partial charge is 0.383 e. The van der Waals surface area contributed by atoms with Crippen LogP contribution >= 0.6 is 22.9 Å². The predicted molar refractivity (Wildman–Crippen MR) is 82.3 cm³/mol. The zero-order chi connectivity index (χ0) is 15.2. The highest BCUT2D eigenvalue weighted by Gasteiger charge is 2.22. The molecule has 0 radical (unpaired) electrons. The van der Waals surface area contributed by atoms with Gasteiger partial charge in [-0.1, -0.05) is 17.7 Å². The van der Waals surface area contributed by atoms with Gasteiger partial charge in [0.05, 0.1) is 17.2 Å². The summed E-state index contributed by atoms with van der Waals surface area (Å²) in [6.45, 7) is 1.15. The van der Waals surface area contributed by atoms with Crippen LogP contribution in [0, 0.1) is 5.82 Å². The first-order chi connectivity index (χ1) is 10.1. The van der Waals surface area contributed by atoms with Gasteiger partial charge >= 0.3 is 0 Å². The molecule has 0 fully saturated rings. The smallest absolute Gasteiger partial charge is 0.258 e. The molecule has 3 nitrogen and oxygen atoms in total. The van der Waals surface area contributed by atoms with Crippen molar-refractivity contribution < 1.29 is 13.9 Å². The van der Waals surface area contributed by atoms with E-state index in [1.165, 1.54) is 23.1 Å². The summed E-state index contributed by atoms with van der Waals surface area (Å²) in [6.07, 6.45) is 0. The van der Waals surface area contributed by atoms with Crippen LogP contribution in [0.15, 0.2) is 35.0 Å². The third-order valence-electron chi connectivity index (χ3n) is 2.98. The van der Waals surface area contributed by atoms with Crippen LogP contribution < -0.4 is 0 Å². The van der Waals surface area contributed by atoms with Gasteiger partial charge in [0.15, 0.2) is 0 Å². The van der Waals surface area contributed by atoms with E-state index < -0.39 is 11.7 Å². The Labute approximate surface area is 131 Å². The van der Waals surface area contributed by atoms with Crippen LogP contribution in [0.5, 0.6) is 0 Å². The molecular weight excluding hydrogens is 313 g/mol. The highest BCUT2D eigenvalue weighted by atomic mass is 35.5. The normalized spacial score (nSPS) is 10.6. The Morgan fingerprint density at radius 1 is 1.43 bits per heavy atom. The summed E-state index contributed by atoms with van der Waals surface area (Å²) in [6, 6.07) is 6.16. The van der Waals surface area contributed by atoms with Gasteiger partial charge in [-0.25, -0.2) is 4.39 Å². The number of methoxy groups -OCH3 is 1. The Hall–Kier alpha value is -1.43. The highest BCUT2D eigenvalue weighted by molar-refractivity contribution is 7.07. The summed E-state index contributed by atoms with van der Waals surface area (Å²) in [4.78, 5) is 14.1. The Morgan fingerprint density at radius 3 is 2.86 bits per heavy atom. The van der Waals surface area contributed by atoms with E-state index in [4.69, 9.17) is 16.3 Å². The van der Waals surface area contributed by atoms with E-state index in [1.54, 1.807) is 18.4 Å². The first-order valence-corrected chi connectivity index (χ1v) is 7.69. The molecule has 0 aliphatic rings. The van der Waals surface area contributed by atoms with Crippen LogP contribution in [-0.2, 0) is 11.3 Å². The molecule has 0 aliphatic heterocycles. The standard InChI is InChI=1S/C15H15ClFNO2S/c1-20-7-6-18(9-11-5-8-21-10-11)15(19)14-12(16)3-2-4-13(14)17/h2-5,8,10H,6-7,9H2,1H3. The van der Waals surface area contributed by atoms with Crippen LogP contribution in [0.2, 0.25) is 5.02 Å². The minimum atomic E-state index is -0.611. The third-order valence-corrected chi connectivity index (χ3v) is 4.03. The molecule has 0 saturated heterocycles. The summed E-state index contributed by atoms with van der Waals surface area (Å²) in [7, 11) is 1.56. The molecule has 0 unspecified atom stereocenters. The molecule has 1 aromatic heterocycles. The molecule has 1 aromatic carbocycles. The Balaban J connectivity index is 2.25. The lowest BCUT2D eigenvalue weighted by molar-refractivity contribution is 0.0676. The number of rotatable bonds is 6. The topological polar surface area (TPSA) is 29.5 Å². The first-order valence-electron chi connectivity index (χ1n) is 6.36. The fraction of sp³-hybridized carbons (Fsp3) is 0.267. The molecule has 0 aliphatic carbocycles. The second-order valence-electron chi connectivity index (χ2n) is 4.45. The Kier molecular flexibility index (Phi) is 5.73. The molecule has 2 aromatic rings. The van der Waals surface area contributed by atoms with Gasteiger partial charge in [-0.05, 0) is 34.5 Å². The molecule has 0 spiro atoms. The van der Waals surface area contributed by atoms with E-state index in [2.05, 4.69) is 0 Å². The highest BCUT2D eigenvalue weighted by Crippen LogP contribution is 2.22. The van der Waals surface area contributed by atoms with Crippen molar-refractivity contribution in [1.29, 1.82) is 0 Å². The zero-order valence-electron chi connectivity index (χ0n) is 11.5. The SMILES string of the molecule is COCCN(Cc1ccsc1)C(=O)c1c(F)cccc1Cl. The average Bonchev–Trinajstić information content (AvgIpc) is 2.96. The maximum atomic E-state index is 13.9. The molecule has 1 amide bonds. The number of amides is 1. The van der Waals surface area contributed by atoms with Crippen molar-refractivity contribution in [3.8, 4) is 0 Å². The van der Waals surface area contributed by atoms with Crippen molar-refractivity contribution >= 4 is 28.8 Å². The minimum absolute atomic E-state index is 0.0921. The summed E-state index contributed by atoms with van der Waals surface area (Å²) < 4.78 is 18.9. The van der Waals surface area contributed by atoms with Crippen molar-refractivity contribution in [3.05, 3.63) is 57.0 Å². The van der Waals surface area contributed by atoms with Gasteiger partial charge in [-0.2, -0.15) is 11.3 Å². The Morgan fingerprint density at radius 2 is 2.24 bits per heavy atom. The molecule has 0 atom stereocenters. The monoisotopic (exact) mass is 327 g/mol. The van der Waals surface area contributed by atoms with Gasteiger partial charge in [-0.15, -0.1) is 0 Å². The first kappa shape index (κ1) is 15.9. The molecule has 0 saturated carbocycles. The number of hydrogen-bond donors (Lipinski definition) is 0. The summed E-state index contributed by atoms with van der Waals surface area (Å²) in [5, 5.41) is 4.01. The molecule has 0 N–H and O–H groups in total. The number of halogens is 2. The summed E-state index contributed by atoms with van der Waals surface area (Å²) in [5.41, 5.74) is 0.905. The number of thiophene rings is 1. The third kappa shape index (κ3) is 4.03. The van der Waals surface area contributed by atoms with Gasteiger partial charge in [0.1, 0.15) is 5.82 Å². The summed E-state index contributed by atoms with van der Waals surface area (Å²) in [5.74, 6) is -1.04. The Bertz CT molecular complexity index is 583. The van der Waals surface area contributed by atoms with E-state index in [9.17, 15) is 9.18 Å². The van der Waals surface area contributed by atoms with Crippen molar-refractivity contribution in [3.63, 3.8) is 0 Å². The van der Waals surface area contributed by atoms with E-state index in [-0.39, 0.29) is 10.6 Å². The quantitative estimate of drug-likeness (QED) is 0.807. The second-order valence-corrected chi connectivity index (χ2v) is 5.63. The molecule has 2 rings (SSSR count). The van der Waals surface area contributed by atoms with E-state index in [0.717, 1.165) is 5.56 Å². The van der Waals surface area contributed by atoms with Crippen molar-refractivity contribution in [2.75, 3.05) is 20.3 Å². The maximum Gasteiger partial charge on any atom is 0.258 e. The van der Waals surface area contributed by atoms with Crippen LogP contribution in [-0.4, -0.2) is 31.1 Å². The number of carbonyl (C=O) groups excluding carboxylic acids is 1. The lowest BCUT2D eigenvalue weighted by Gasteiger charge is -2.22. The van der Waals surface area contributed by atoms with E-state index in [1.807, 2.05) is 16.8 Å². The van der Waals surface area contributed by atoms with Crippen LogP contribution in [0.1, 0.15) is 15.9 Å². The van der Waals surface area contributed by atoms with Gasteiger partial charge < -0.3 is 9.64 Å². The van der Waals surface area contributed by atoms with Crippen LogP contribution in [0.4, 0.5) is 4.39 Å². The van der Waals surface area contributed by atoms with Crippen molar-refractivity contribution in [2.45, 2.75) is 6.54 Å². The van der Waals surface area contributed by atoms with Gasteiger partial charge in [0, 0.05) is 20.2 Å². The van der Waals surface area contributed by atoms with E-state index in [0.29, 0.717) is 19.7 Å². The molecule has 112 valence electrons. The lowest BCUT2D eigenvalue weighted by atomic mass is 10.1. The molecule has 21 heavy (non-hydrogen) atoms. The average molecular weight is 328 g/mol. The number of benzene rings is 1. The van der Waals surface area contributed by atoms with Crippen molar-refractivity contribution in [2.24, 2.45) is 0 Å². The molecule has 1 heterocycles. The second kappa shape index (κ2) is 7.54. The minimum Gasteiger partial charge on any atom is -0.383 e. The van der Waals surface area contributed by atoms with Gasteiger partial charge in [-0.3, -0.25) is 4.79 Å². The fourth-order valence-electron chi connectivity index (χ4n) is 1.92. The molecule has 0 bridgehead atoms. The van der Waals surface area contributed by atoms with Crippen LogP contribution in [0.3, 0.4) is 0 Å². The number of ether oxygens (including phenoxy) is 1. The summed E-state index contributed by atoms with van der Waals surface area (Å²) >= 11 is 7.52. The molecular formula is C15H15ClFNO2S. The number of hydrogen-bond acceptors (Lipinski definition) is 3. The fourth-order valence-corrected chi connectivity index (χ4v) is 2.82. The number of carbonyl (C=O) groups is 1. The zero-order valence-corrected chi connectivity index (χ0v) is 13.1. The predicted octanol–water partition coefficient (Wildman–Crippen LogP) is 3.83. The van der Waals surface area contributed by atoms with E-state index >= 15 is 0 Å². The molecule has 6 heteroatoms.